The van der Waals surface area contributed by atoms with Crippen molar-refractivity contribution in [3.63, 3.8) is 0 Å². The highest BCUT2D eigenvalue weighted by Gasteiger charge is 2.07. The Morgan fingerprint density at radius 3 is 2.00 bits per heavy atom. The third-order valence-corrected chi connectivity index (χ3v) is 4.21. The molecule has 0 amide bonds. The quantitative estimate of drug-likeness (QED) is 0.675. The third kappa shape index (κ3) is 2.70. The van der Waals surface area contributed by atoms with E-state index in [4.69, 9.17) is 5.73 Å². The van der Waals surface area contributed by atoms with Crippen LogP contribution in [0, 0.1) is 0 Å². The lowest BCUT2D eigenvalue weighted by Gasteiger charge is -2.11. The number of hydrogen-bond donors (Lipinski definition) is 1. The molecule has 3 aromatic carbocycles. The van der Waals surface area contributed by atoms with Gasteiger partial charge in [-0.15, -0.1) is 0 Å². The van der Waals surface area contributed by atoms with E-state index in [-0.39, 0.29) is 0 Å². The van der Waals surface area contributed by atoms with E-state index >= 15 is 0 Å². The first kappa shape index (κ1) is 12.8. The Hall–Kier alpha value is -2.19. The fraction of sp³-hybridized carbons (Fsp3) is 0. The van der Waals surface area contributed by atoms with E-state index in [1.165, 1.54) is 4.90 Å². The summed E-state index contributed by atoms with van der Waals surface area (Å²) >= 11 is 1.70. The Balaban J connectivity index is 1.98. The van der Waals surface area contributed by atoms with Gasteiger partial charge in [-0.2, -0.15) is 0 Å². The molecule has 2 heteroatoms. The van der Waals surface area contributed by atoms with E-state index in [0.29, 0.717) is 0 Å². The van der Waals surface area contributed by atoms with Gasteiger partial charge in [0.25, 0.3) is 0 Å². The molecule has 0 aliphatic heterocycles. The van der Waals surface area contributed by atoms with Gasteiger partial charge < -0.3 is 5.73 Å². The van der Waals surface area contributed by atoms with Gasteiger partial charge in [0.15, 0.2) is 0 Å². The summed E-state index contributed by atoms with van der Waals surface area (Å²) in [7, 11) is 0. The second kappa shape index (κ2) is 5.85. The van der Waals surface area contributed by atoms with E-state index < -0.39 is 0 Å². The predicted octanol–water partition coefficient (Wildman–Crippen LogP) is 5.09. The second-order valence-electron chi connectivity index (χ2n) is 4.50. The minimum atomic E-state index is 0.840. The molecule has 0 unspecified atom stereocenters. The van der Waals surface area contributed by atoms with Gasteiger partial charge in [-0.05, 0) is 23.8 Å². The second-order valence-corrected chi connectivity index (χ2v) is 5.61. The van der Waals surface area contributed by atoms with Crippen LogP contribution in [-0.4, -0.2) is 0 Å². The molecule has 0 saturated heterocycles. The molecule has 0 saturated carbocycles. The van der Waals surface area contributed by atoms with Crippen molar-refractivity contribution in [2.45, 2.75) is 9.79 Å². The summed E-state index contributed by atoms with van der Waals surface area (Å²) in [6, 6.07) is 26.7. The van der Waals surface area contributed by atoms with Gasteiger partial charge in [0.05, 0.1) is 5.69 Å². The van der Waals surface area contributed by atoms with E-state index in [0.717, 1.165) is 21.7 Å². The van der Waals surface area contributed by atoms with Gasteiger partial charge in [-0.25, -0.2) is 0 Å². The number of hydrogen-bond acceptors (Lipinski definition) is 2. The smallest absolute Gasteiger partial charge is 0.0535 e. The van der Waals surface area contributed by atoms with Crippen molar-refractivity contribution in [2.24, 2.45) is 0 Å². The minimum Gasteiger partial charge on any atom is -0.397 e. The van der Waals surface area contributed by atoms with Crippen molar-refractivity contribution in [3.05, 3.63) is 78.9 Å². The zero-order chi connectivity index (χ0) is 13.8. The fourth-order valence-corrected chi connectivity index (χ4v) is 3.03. The molecular weight excluding hydrogens is 262 g/mol. The lowest BCUT2D eigenvalue weighted by Crippen LogP contribution is -1.92. The van der Waals surface area contributed by atoms with Crippen LogP contribution in [0.2, 0.25) is 0 Å². The molecule has 2 N–H and O–H groups in total. The molecule has 0 aliphatic carbocycles. The highest BCUT2D eigenvalue weighted by molar-refractivity contribution is 7.99. The topological polar surface area (TPSA) is 26.0 Å². The van der Waals surface area contributed by atoms with Crippen LogP contribution in [0.3, 0.4) is 0 Å². The Morgan fingerprint density at radius 1 is 0.650 bits per heavy atom. The minimum absolute atomic E-state index is 0.840. The van der Waals surface area contributed by atoms with Gasteiger partial charge in [-0.3, -0.25) is 0 Å². The molecule has 3 rings (SSSR count). The molecular formula is C18H15NS. The average molecular weight is 277 g/mol. The summed E-state index contributed by atoms with van der Waals surface area (Å²) in [5.41, 5.74) is 9.43. The molecule has 0 heterocycles. The van der Waals surface area contributed by atoms with Gasteiger partial charge in [0.1, 0.15) is 0 Å². The number of para-hydroxylation sites is 1. The summed E-state index contributed by atoms with van der Waals surface area (Å²) in [5.74, 6) is 0. The van der Waals surface area contributed by atoms with Crippen LogP contribution < -0.4 is 5.73 Å². The third-order valence-electron chi connectivity index (χ3n) is 3.12. The molecule has 0 spiro atoms. The Morgan fingerprint density at radius 2 is 1.30 bits per heavy atom. The first-order chi connectivity index (χ1) is 9.84. The number of benzene rings is 3. The number of nitrogen functional groups attached to an aromatic ring is 1. The summed E-state index contributed by atoms with van der Waals surface area (Å²) in [4.78, 5) is 2.29. The van der Waals surface area contributed by atoms with Crippen LogP contribution in [0.5, 0.6) is 0 Å². The molecule has 98 valence electrons. The van der Waals surface area contributed by atoms with Crippen molar-refractivity contribution in [2.75, 3.05) is 5.73 Å². The molecule has 3 aromatic rings. The molecule has 0 aromatic heterocycles. The fourth-order valence-electron chi connectivity index (χ4n) is 2.12. The molecule has 0 atom stereocenters. The van der Waals surface area contributed by atoms with Crippen molar-refractivity contribution in [1.82, 2.24) is 0 Å². The number of rotatable bonds is 3. The Bertz CT molecular complexity index is 693. The molecule has 0 bridgehead atoms. The van der Waals surface area contributed by atoms with Crippen LogP contribution in [0.15, 0.2) is 88.7 Å². The van der Waals surface area contributed by atoms with E-state index in [1.807, 2.05) is 36.4 Å². The van der Waals surface area contributed by atoms with Crippen LogP contribution in [0.4, 0.5) is 5.69 Å². The van der Waals surface area contributed by atoms with Gasteiger partial charge in [0.2, 0.25) is 0 Å². The van der Waals surface area contributed by atoms with Crippen molar-refractivity contribution in [1.29, 1.82) is 0 Å². The van der Waals surface area contributed by atoms with Crippen LogP contribution in [0.25, 0.3) is 11.1 Å². The molecule has 0 fully saturated rings. The highest BCUT2D eigenvalue weighted by Crippen LogP contribution is 2.37. The first-order valence-corrected chi connectivity index (χ1v) is 7.33. The maximum Gasteiger partial charge on any atom is 0.0535 e. The van der Waals surface area contributed by atoms with Gasteiger partial charge >= 0.3 is 0 Å². The van der Waals surface area contributed by atoms with Gasteiger partial charge in [-0.1, -0.05) is 72.4 Å². The lowest BCUT2D eigenvalue weighted by molar-refractivity contribution is 1.41. The predicted molar refractivity (Wildman–Crippen MR) is 86.9 cm³/mol. The van der Waals surface area contributed by atoms with E-state index in [9.17, 15) is 0 Å². The molecule has 0 aliphatic rings. The van der Waals surface area contributed by atoms with E-state index in [1.54, 1.807) is 11.8 Å². The lowest BCUT2D eigenvalue weighted by atomic mass is 10.0. The van der Waals surface area contributed by atoms with Crippen molar-refractivity contribution in [3.8, 4) is 11.1 Å². The SMILES string of the molecule is Nc1c(Sc2ccccc2)cccc1-c1ccccc1. The normalized spacial score (nSPS) is 10.4. The summed E-state index contributed by atoms with van der Waals surface area (Å²) in [6.45, 7) is 0. The summed E-state index contributed by atoms with van der Waals surface area (Å²) < 4.78 is 0. The van der Waals surface area contributed by atoms with Crippen LogP contribution in [-0.2, 0) is 0 Å². The summed E-state index contributed by atoms with van der Waals surface area (Å²) in [5, 5.41) is 0. The zero-order valence-corrected chi connectivity index (χ0v) is 11.8. The molecule has 0 radical (unpaired) electrons. The van der Waals surface area contributed by atoms with Crippen molar-refractivity contribution < 1.29 is 0 Å². The monoisotopic (exact) mass is 277 g/mol. The average Bonchev–Trinajstić information content (AvgIpc) is 2.51. The van der Waals surface area contributed by atoms with Crippen LogP contribution >= 0.6 is 11.8 Å². The first-order valence-electron chi connectivity index (χ1n) is 6.51. The Kier molecular flexibility index (Phi) is 3.75. The summed E-state index contributed by atoms with van der Waals surface area (Å²) in [6.07, 6.45) is 0. The standard InChI is InChI=1S/C18H15NS/c19-18-16(14-8-3-1-4-9-14)12-7-13-17(18)20-15-10-5-2-6-11-15/h1-13H,19H2. The molecule has 1 nitrogen and oxygen atoms in total. The Labute approximate surface area is 123 Å². The number of anilines is 1. The largest absolute Gasteiger partial charge is 0.397 e. The van der Waals surface area contributed by atoms with Crippen molar-refractivity contribution >= 4 is 17.4 Å². The maximum atomic E-state index is 6.34. The van der Waals surface area contributed by atoms with Crippen LogP contribution in [0.1, 0.15) is 0 Å². The number of nitrogens with two attached hydrogens (primary N) is 1. The van der Waals surface area contributed by atoms with E-state index in [2.05, 4.69) is 42.5 Å². The highest BCUT2D eigenvalue weighted by atomic mass is 32.2. The zero-order valence-electron chi connectivity index (χ0n) is 11.0. The molecule has 20 heavy (non-hydrogen) atoms. The van der Waals surface area contributed by atoms with Gasteiger partial charge in [0, 0.05) is 15.4 Å². The maximum absolute atomic E-state index is 6.34.